The van der Waals surface area contributed by atoms with E-state index in [9.17, 15) is 13.2 Å². The van der Waals surface area contributed by atoms with Crippen LogP contribution in [0.25, 0.3) is 10.3 Å². The number of halogens is 1. The molecule has 0 aliphatic heterocycles. The SMILES string of the molecule is O=c1oc2cc(OS(=O)(=O)c3ccccc3)c(Br)cc2s1. The molecule has 0 fully saturated rings. The van der Waals surface area contributed by atoms with E-state index >= 15 is 0 Å². The summed E-state index contributed by atoms with van der Waals surface area (Å²) in [5, 5.41) is 0. The summed E-state index contributed by atoms with van der Waals surface area (Å²) in [4.78, 5) is 10.8. The molecule has 0 radical (unpaired) electrons. The van der Waals surface area contributed by atoms with Crippen molar-refractivity contribution < 1.29 is 17.0 Å². The first-order valence-corrected chi connectivity index (χ1v) is 8.70. The Balaban J connectivity index is 2.05. The molecular weight excluding hydrogens is 380 g/mol. The van der Waals surface area contributed by atoms with Crippen molar-refractivity contribution in [3.63, 3.8) is 0 Å². The molecule has 108 valence electrons. The summed E-state index contributed by atoms with van der Waals surface area (Å²) in [6, 6.07) is 10.7. The molecular formula is C13H7BrO5S2. The summed E-state index contributed by atoms with van der Waals surface area (Å²) >= 11 is 4.16. The van der Waals surface area contributed by atoms with Crippen LogP contribution in [0.15, 0.2) is 61.0 Å². The van der Waals surface area contributed by atoms with E-state index in [0.717, 1.165) is 11.3 Å². The highest BCUT2D eigenvalue weighted by Gasteiger charge is 2.19. The minimum atomic E-state index is -3.94. The molecule has 0 amide bonds. The van der Waals surface area contributed by atoms with Gasteiger partial charge in [0.25, 0.3) is 0 Å². The highest BCUT2D eigenvalue weighted by Crippen LogP contribution is 2.33. The lowest BCUT2D eigenvalue weighted by Crippen LogP contribution is -2.09. The van der Waals surface area contributed by atoms with Crippen LogP contribution in [0.4, 0.5) is 0 Å². The predicted molar refractivity (Wildman–Crippen MR) is 82.3 cm³/mol. The lowest BCUT2D eigenvalue weighted by Gasteiger charge is -2.08. The van der Waals surface area contributed by atoms with Crippen LogP contribution in [0.1, 0.15) is 0 Å². The van der Waals surface area contributed by atoms with Gasteiger partial charge in [0.05, 0.1) is 9.17 Å². The Morgan fingerprint density at radius 3 is 2.57 bits per heavy atom. The van der Waals surface area contributed by atoms with Gasteiger partial charge in [0.15, 0.2) is 11.3 Å². The van der Waals surface area contributed by atoms with Gasteiger partial charge < -0.3 is 8.60 Å². The first kappa shape index (κ1) is 14.3. The van der Waals surface area contributed by atoms with Gasteiger partial charge in [-0.1, -0.05) is 29.5 Å². The minimum absolute atomic E-state index is 0.0452. The topological polar surface area (TPSA) is 73.6 Å². The van der Waals surface area contributed by atoms with E-state index in [-0.39, 0.29) is 16.2 Å². The smallest absolute Gasteiger partial charge is 0.396 e. The molecule has 0 saturated carbocycles. The number of fused-ring (bicyclic) bond motifs is 1. The van der Waals surface area contributed by atoms with Gasteiger partial charge in [-0.2, -0.15) is 8.42 Å². The molecule has 1 aromatic heterocycles. The average Bonchev–Trinajstić information content (AvgIpc) is 2.79. The zero-order valence-corrected chi connectivity index (χ0v) is 13.5. The van der Waals surface area contributed by atoms with Crippen LogP contribution < -0.4 is 9.12 Å². The Morgan fingerprint density at radius 2 is 1.86 bits per heavy atom. The zero-order valence-electron chi connectivity index (χ0n) is 10.3. The molecule has 21 heavy (non-hydrogen) atoms. The molecule has 0 aliphatic rings. The van der Waals surface area contributed by atoms with Crippen molar-refractivity contribution in [1.29, 1.82) is 0 Å². The largest absolute Gasteiger partial charge is 0.414 e. The van der Waals surface area contributed by atoms with Crippen molar-refractivity contribution >= 4 is 47.7 Å². The molecule has 3 aromatic rings. The van der Waals surface area contributed by atoms with Crippen molar-refractivity contribution in [3.05, 3.63) is 56.7 Å². The second kappa shape index (κ2) is 5.28. The molecule has 0 spiro atoms. The van der Waals surface area contributed by atoms with Crippen LogP contribution in [-0.2, 0) is 10.1 Å². The molecule has 8 heteroatoms. The Kier molecular flexibility index (Phi) is 3.60. The molecule has 0 N–H and O–H groups in total. The van der Waals surface area contributed by atoms with E-state index in [1.165, 1.54) is 18.2 Å². The quantitative estimate of drug-likeness (QED) is 0.645. The number of hydrogen-bond donors (Lipinski definition) is 0. The maximum absolute atomic E-state index is 12.2. The molecule has 5 nitrogen and oxygen atoms in total. The van der Waals surface area contributed by atoms with Gasteiger partial charge in [-0.15, -0.1) is 0 Å². The molecule has 2 aromatic carbocycles. The lowest BCUT2D eigenvalue weighted by atomic mass is 10.3. The number of hydrogen-bond acceptors (Lipinski definition) is 6. The van der Waals surface area contributed by atoms with Gasteiger partial charge in [-0.05, 0) is 34.1 Å². The van der Waals surface area contributed by atoms with Crippen LogP contribution >= 0.6 is 27.3 Å². The van der Waals surface area contributed by atoms with Crippen molar-refractivity contribution in [3.8, 4) is 5.75 Å². The minimum Gasteiger partial charge on any atom is -0.414 e. The van der Waals surface area contributed by atoms with E-state index < -0.39 is 15.1 Å². The van der Waals surface area contributed by atoms with Gasteiger partial charge in [0.2, 0.25) is 0 Å². The third-order valence-electron chi connectivity index (χ3n) is 2.62. The maximum Gasteiger partial charge on any atom is 0.396 e. The van der Waals surface area contributed by atoms with Crippen molar-refractivity contribution in [2.75, 3.05) is 0 Å². The Morgan fingerprint density at radius 1 is 1.14 bits per heavy atom. The van der Waals surface area contributed by atoms with Crippen LogP contribution in [0.5, 0.6) is 5.75 Å². The van der Waals surface area contributed by atoms with Crippen LogP contribution in [0.3, 0.4) is 0 Å². The molecule has 1 heterocycles. The van der Waals surface area contributed by atoms with Gasteiger partial charge in [0, 0.05) is 6.07 Å². The van der Waals surface area contributed by atoms with E-state index in [1.54, 1.807) is 24.3 Å². The summed E-state index contributed by atoms with van der Waals surface area (Å²) in [6.45, 7) is 0. The standard InChI is InChI=1S/C13H7BrO5S2/c14-9-6-12-11(18-13(15)20-12)7-10(9)19-21(16,17)8-4-2-1-3-5-8/h1-7H. The lowest BCUT2D eigenvalue weighted by molar-refractivity contribution is 0.484. The van der Waals surface area contributed by atoms with E-state index in [1.807, 2.05) is 0 Å². The number of rotatable bonds is 3. The van der Waals surface area contributed by atoms with Crippen molar-refractivity contribution in [2.45, 2.75) is 4.90 Å². The first-order valence-electron chi connectivity index (χ1n) is 5.68. The number of benzene rings is 2. The zero-order chi connectivity index (χ0) is 15.0. The van der Waals surface area contributed by atoms with Crippen LogP contribution in [0, 0.1) is 0 Å². The monoisotopic (exact) mass is 386 g/mol. The van der Waals surface area contributed by atoms with Crippen LogP contribution in [-0.4, -0.2) is 8.42 Å². The van der Waals surface area contributed by atoms with Gasteiger partial charge in [0.1, 0.15) is 4.90 Å². The third kappa shape index (κ3) is 2.87. The fraction of sp³-hybridized carbons (Fsp3) is 0. The second-order valence-electron chi connectivity index (χ2n) is 4.03. The highest BCUT2D eigenvalue weighted by molar-refractivity contribution is 9.10. The average molecular weight is 387 g/mol. The Hall–Kier alpha value is -1.64. The van der Waals surface area contributed by atoms with Crippen molar-refractivity contribution in [1.82, 2.24) is 0 Å². The van der Waals surface area contributed by atoms with Gasteiger partial charge >= 0.3 is 15.1 Å². The Labute approximate surface area is 132 Å². The predicted octanol–water partition coefficient (Wildman–Crippen LogP) is 3.38. The van der Waals surface area contributed by atoms with Gasteiger partial charge in [-0.25, -0.2) is 4.79 Å². The fourth-order valence-electron chi connectivity index (χ4n) is 1.69. The highest BCUT2D eigenvalue weighted by atomic mass is 79.9. The second-order valence-corrected chi connectivity index (χ2v) is 7.41. The molecule has 3 rings (SSSR count). The van der Waals surface area contributed by atoms with E-state index in [2.05, 4.69) is 15.9 Å². The molecule has 0 bridgehead atoms. The first-order chi connectivity index (χ1) is 9.95. The van der Waals surface area contributed by atoms with E-state index in [0.29, 0.717) is 9.17 Å². The summed E-state index contributed by atoms with van der Waals surface area (Å²) in [5.74, 6) is 0.0629. The van der Waals surface area contributed by atoms with E-state index in [4.69, 9.17) is 8.60 Å². The Bertz CT molecular complexity index is 957. The third-order valence-corrected chi connectivity index (χ3v) is 5.27. The van der Waals surface area contributed by atoms with Crippen molar-refractivity contribution in [2.24, 2.45) is 0 Å². The molecule has 0 unspecified atom stereocenters. The molecule has 0 atom stereocenters. The summed E-state index contributed by atoms with van der Waals surface area (Å²) in [7, 11) is -3.94. The van der Waals surface area contributed by atoms with Crippen LogP contribution in [0.2, 0.25) is 0 Å². The summed E-state index contributed by atoms with van der Waals surface area (Å²) in [6.07, 6.45) is 0. The normalized spacial score (nSPS) is 11.7. The molecule has 0 saturated heterocycles. The summed E-state index contributed by atoms with van der Waals surface area (Å²) < 4.78 is 35.4. The van der Waals surface area contributed by atoms with Gasteiger partial charge in [-0.3, -0.25) is 0 Å². The molecule has 0 aliphatic carbocycles. The summed E-state index contributed by atoms with van der Waals surface area (Å²) in [5.41, 5.74) is 0.284. The fourth-order valence-corrected chi connectivity index (χ4v) is 4.03. The maximum atomic E-state index is 12.2.